The number of aromatic nitrogens is 2. The van der Waals surface area contributed by atoms with E-state index in [1.807, 2.05) is 0 Å². The van der Waals surface area contributed by atoms with Crippen molar-refractivity contribution >= 4 is 0 Å². The Morgan fingerprint density at radius 1 is 1.67 bits per heavy atom. The van der Waals surface area contributed by atoms with Gasteiger partial charge in [0.05, 0.1) is 0 Å². The normalized spacial score (nSPS) is 22.3. The highest BCUT2D eigenvalue weighted by atomic mass is 15.1. The predicted octanol–water partition coefficient (Wildman–Crippen LogP) is 2.34. The van der Waals surface area contributed by atoms with E-state index >= 15 is 0 Å². The van der Waals surface area contributed by atoms with E-state index in [-0.39, 0.29) is 0 Å². The van der Waals surface area contributed by atoms with Gasteiger partial charge in [-0.15, -0.1) is 0 Å². The minimum absolute atomic E-state index is 0.714. The zero-order valence-electron chi connectivity index (χ0n) is 7.88. The van der Waals surface area contributed by atoms with Gasteiger partial charge < -0.3 is 4.57 Å². The van der Waals surface area contributed by atoms with Crippen molar-refractivity contribution in [2.45, 2.75) is 45.6 Å². The summed E-state index contributed by atoms with van der Waals surface area (Å²) < 4.78 is 2.40. The maximum Gasteiger partial charge on any atom is 0.108 e. The Balaban J connectivity index is 2.41. The first-order valence-electron chi connectivity index (χ1n) is 4.87. The molecule has 66 valence electrons. The van der Waals surface area contributed by atoms with Gasteiger partial charge in [-0.25, -0.2) is 4.98 Å². The molecule has 0 radical (unpaired) electrons. The third kappa shape index (κ3) is 1.06. The van der Waals surface area contributed by atoms with Crippen molar-refractivity contribution in [2.75, 3.05) is 0 Å². The molecule has 1 atom stereocenters. The summed E-state index contributed by atoms with van der Waals surface area (Å²) in [5.74, 6) is 1.98. The molecule has 0 aromatic carbocycles. The quantitative estimate of drug-likeness (QED) is 0.623. The van der Waals surface area contributed by atoms with Gasteiger partial charge in [0.1, 0.15) is 5.82 Å². The van der Waals surface area contributed by atoms with Crippen molar-refractivity contribution < 1.29 is 0 Å². The van der Waals surface area contributed by atoms with Crippen LogP contribution >= 0.6 is 0 Å². The van der Waals surface area contributed by atoms with Gasteiger partial charge >= 0.3 is 0 Å². The molecule has 1 aromatic rings. The van der Waals surface area contributed by atoms with Gasteiger partial charge in [-0.1, -0.05) is 13.8 Å². The number of hydrogen-bond acceptors (Lipinski definition) is 1. The minimum Gasteiger partial charge on any atom is -0.332 e. The van der Waals surface area contributed by atoms with Crippen molar-refractivity contribution in [3.05, 3.63) is 17.7 Å². The smallest absolute Gasteiger partial charge is 0.108 e. The Hall–Kier alpha value is -0.790. The van der Waals surface area contributed by atoms with E-state index in [9.17, 15) is 0 Å². The standard InChI is InChI=1S/C10H16N2/c1-3-10-11-7-9-8(2)5-4-6-12(9)10/h7-8H,3-6H2,1-2H3. The summed E-state index contributed by atoms with van der Waals surface area (Å²) in [5.41, 5.74) is 1.44. The lowest BCUT2D eigenvalue weighted by Crippen LogP contribution is -2.14. The highest BCUT2D eigenvalue weighted by molar-refractivity contribution is 5.12. The van der Waals surface area contributed by atoms with Crippen LogP contribution in [0.3, 0.4) is 0 Å². The molecule has 1 aliphatic heterocycles. The highest BCUT2D eigenvalue weighted by Gasteiger charge is 2.18. The molecular weight excluding hydrogens is 148 g/mol. The van der Waals surface area contributed by atoms with E-state index in [4.69, 9.17) is 0 Å². The molecule has 0 aliphatic carbocycles. The molecule has 0 spiro atoms. The Labute approximate surface area is 73.6 Å². The number of imidazole rings is 1. The van der Waals surface area contributed by atoms with Gasteiger partial charge in [-0.3, -0.25) is 0 Å². The molecule has 2 heterocycles. The largest absolute Gasteiger partial charge is 0.332 e. The van der Waals surface area contributed by atoms with Crippen LogP contribution in [0.5, 0.6) is 0 Å². The molecule has 0 amide bonds. The molecule has 0 saturated carbocycles. The summed E-state index contributed by atoms with van der Waals surface area (Å²) in [6.45, 7) is 5.66. The highest BCUT2D eigenvalue weighted by Crippen LogP contribution is 2.27. The van der Waals surface area contributed by atoms with Gasteiger partial charge in [0.15, 0.2) is 0 Å². The lowest BCUT2D eigenvalue weighted by Gasteiger charge is -2.21. The minimum atomic E-state index is 0.714. The van der Waals surface area contributed by atoms with Crippen molar-refractivity contribution in [1.29, 1.82) is 0 Å². The van der Waals surface area contributed by atoms with Crippen molar-refractivity contribution in [1.82, 2.24) is 9.55 Å². The molecule has 2 nitrogen and oxygen atoms in total. The summed E-state index contributed by atoms with van der Waals surface area (Å²) in [6.07, 6.45) is 5.77. The van der Waals surface area contributed by atoms with Crippen LogP contribution in [0.2, 0.25) is 0 Å². The molecule has 0 fully saturated rings. The van der Waals surface area contributed by atoms with Gasteiger partial charge in [-0.05, 0) is 18.8 Å². The van der Waals surface area contributed by atoms with E-state index < -0.39 is 0 Å². The van der Waals surface area contributed by atoms with Crippen molar-refractivity contribution in [2.24, 2.45) is 0 Å². The lowest BCUT2D eigenvalue weighted by molar-refractivity contribution is 0.464. The summed E-state index contributed by atoms with van der Waals surface area (Å²) in [6, 6.07) is 0. The first-order valence-corrected chi connectivity index (χ1v) is 4.87. The van der Waals surface area contributed by atoms with Crippen molar-refractivity contribution in [3.8, 4) is 0 Å². The van der Waals surface area contributed by atoms with Crippen LogP contribution < -0.4 is 0 Å². The molecule has 1 unspecified atom stereocenters. The zero-order valence-corrected chi connectivity index (χ0v) is 7.88. The molecule has 12 heavy (non-hydrogen) atoms. The fraction of sp³-hybridized carbons (Fsp3) is 0.700. The van der Waals surface area contributed by atoms with Gasteiger partial charge in [0.2, 0.25) is 0 Å². The van der Waals surface area contributed by atoms with Crippen LogP contribution in [0.4, 0.5) is 0 Å². The molecule has 1 aliphatic rings. The van der Waals surface area contributed by atoms with Crippen LogP contribution in [-0.2, 0) is 13.0 Å². The second-order valence-corrected chi connectivity index (χ2v) is 3.65. The first-order chi connectivity index (χ1) is 5.83. The fourth-order valence-electron chi connectivity index (χ4n) is 2.07. The average Bonchev–Trinajstić information content (AvgIpc) is 2.49. The van der Waals surface area contributed by atoms with E-state index in [2.05, 4.69) is 29.6 Å². The summed E-state index contributed by atoms with van der Waals surface area (Å²) >= 11 is 0. The second-order valence-electron chi connectivity index (χ2n) is 3.65. The first kappa shape index (κ1) is 7.84. The van der Waals surface area contributed by atoms with Gasteiger partial charge in [0.25, 0.3) is 0 Å². The summed E-state index contributed by atoms with van der Waals surface area (Å²) in [7, 11) is 0. The number of rotatable bonds is 1. The molecular formula is C10H16N2. The van der Waals surface area contributed by atoms with Gasteiger partial charge in [0, 0.05) is 24.9 Å². The van der Waals surface area contributed by atoms with E-state index in [1.54, 1.807) is 0 Å². The van der Waals surface area contributed by atoms with E-state index in [0.29, 0.717) is 5.92 Å². The van der Waals surface area contributed by atoms with Gasteiger partial charge in [-0.2, -0.15) is 0 Å². The van der Waals surface area contributed by atoms with E-state index in [1.165, 1.54) is 30.9 Å². The lowest BCUT2D eigenvalue weighted by atomic mass is 9.99. The topological polar surface area (TPSA) is 17.8 Å². The maximum atomic E-state index is 4.43. The summed E-state index contributed by atoms with van der Waals surface area (Å²) in [4.78, 5) is 4.43. The number of fused-ring (bicyclic) bond motifs is 1. The van der Waals surface area contributed by atoms with Crippen LogP contribution in [0.15, 0.2) is 6.20 Å². The van der Waals surface area contributed by atoms with Crippen LogP contribution in [-0.4, -0.2) is 9.55 Å². The molecule has 2 heteroatoms. The molecule has 0 bridgehead atoms. The Morgan fingerprint density at radius 2 is 2.50 bits per heavy atom. The second kappa shape index (κ2) is 2.92. The molecule has 0 saturated heterocycles. The molecule has 1 aromatic heterocycles. The van der Waals surface area contributed by atoms with Crippen molar-refractivity contribution in [3.63, 3.8) is 0 Å². The Bertz CT molecular complexity index is 275. The number of hydrogen-bond donors (Lipinski definition) is 0. The SMILES string of the molecule is CCc1ncc2n1CCCC2C. The monoisotopic (exact) mass is 164 g/mol. The third-order valence-corrected chi connectivity index (χ3v) is 2.81. The predicted molar refractivity (Wildman–Crippen MR) is 49.3 cm³/mol. The number of nitrogens with zero attached hydrogens (tertiary/aromatic N) is 2. The fourth-order valence-corrected chi connectivity index (χ4v) is 2.07. The van der Waals surface area contributed by atoms with Crippen LogP contribution in [0.25, 0.3) is 0 Å². The molecule has 2 rings (SSSR count). The molecule has 0 N–H and O–H groups in total. The van der Waals surface area contributed by atoms with E-state index in [0.717, 1.165) is 6.42 Å². The van der Waals surface area contributed by atoms with Crippen LogP contribution in [0, 0.1) is 0 Å². The Morgan fingerprint density at radius 3 is 3.25 bits per heavy atom. The maximum absolute atomic E-state index is 4.43. The zero-order chi connectivity index (χ0) is 8.55. The van der Waals surface area contributed by atoms with Crippen LogP contribution in [0.1, 0.15) is 44.1 Å². The third-order valence-electron chi connectivity index (χ3n) is 2.81. The average molecular weight is 164 g/mol. The Kier molecular flexibility index (Phi) is 1.91. The summed E-state index contributed by atoms with van der Waals surface area (Å²) in [5, 5.41) is 0. The number of aryl methyl sites for hydroxylation is 1.